The van der Waals surface area contributed by atoms with Crippen LogP contribution >= 0.6 is 0 Å². The Balaban J connectivity index is 2.00. The van der Waals surface area contributed by atoms with E-state index in [9.17, 15) is 13.9 Å². The number of halogens is 2. The summed E-state index contributed by atoms with van der Waals surface area (Å²) in [6.07, 6.45) is -0.856. The Morgan fingerprint density at radius 1 is 1.11 bits per heavy atom. The van der Waals surface area contributed by atoms with E-state index in [4.69, 9.17) is 4.74 Å². The number of benzene rings is 2. The van der Waals surface area contributed by atoms with Crippen LogP contribution in [0, 0.1) is 18.6 Å². The molecule has 1 atom stereocenters. The second-order valence-corrected chi connectivity index (χ2v) is 4.31. The molecule has 2 aromatic rings. The van der Waals surface area contributed by atoms with Crippen LogP contribution < -0.4 is 4.74 Å². The lowest BCUT2D eigenvalue weighted by atomic mass is 10.1. The molecule has 1 unspecified atom stereocenters. The smallest absolute Gasteiger partial charge is 0.167 e. The average Bonchev–Trinajstić information content (AvgIpc) is 2.38. The minimum atomic E-state index is -0.856. The predicted molar refractivity (Wildman–Crippen MR) is 68.0 cm³/mol. The zero-order chi connectivity index (χ0) is 13.8. The number of aliphatic hydroxyl groups is 1. The largest absolute Gasteiger partial charge is 0.487 e. The maximum Gasteiger partial charge on any atom is 0.167 e. The van der Waals surface area contributed by atoms with E-state index in [0.29, 0.717) is 5.56 Å². The minimum Gasteiger partial charge on any atom is -0.487 e. The van der Waals surface area contributed by atoms with Gasteiger partial charge in [0.25, 0.3) is 0 Å². The van der Waals surface area contributed by atoms with Crippen molar-refractivity contribution in [3.63, 3.8) is 0 Å². The van der Waals surface area contributed by atoms with Crippen LogP contribution in [0.3, 0.4) is 0 Å². The summed E-state index contributed by atoms with van der Waals surface area (Å²) in [6, 6.07) is 10.4. The first-order valence-electron chi connectivity index (χ1n) is 5.89. The quantitative estimate of drug-likeness (QED) is 0.917. The van der Waals surface area contributed by atoms with Gasteiger partial charge in [-0.05, 0) is 24.6 Å². The SMILES string of the molecule is Cc1ccc(C(O)COc2ccc(F)cc2F)cc1. The zero-order valence-electron chi connectivity index (χ0n) is 10.4. The summed E-state index contributed by atoms with van der Waals surface area (Å²) in [5.41, 5.74) is 1.77. The van der Waals surface area contributed by atoms with Crippen LogP contribution in [0.25, 0.3) is 0 Å². The third kappa shape index (κ3) is 3.51. The lowest BCUT2D eigenvalue weighted by Gasteiger charge is -2.13. The van der Waals surface area contributed by atoms with Crippen molar-refractivity contribution in [2.45, 2.75) is 13.0 Å². The monoisotopic (exact) mass is 264 g/mol. The summed E-state index contributed by atoms with van der Waals surface area (Å²) in [7, 11) is 0. The molecule has 19 heavy (non-hydrogen) atoms. The summed E-state index contributed by atoms with van der Waals surface area (Å²) in [6.45, 7) is 1.85. The van der Waals surface area contributed by atoms with E-state index < -0.39 is 17.7 Å². The van der Waals surface area contributed by atoms with Crippen molar-refractivity contribution in [1.29, 1.82) is 0 Å². The molecule has 0 aliphatic rings. The molecule has 1 N–H and O–H groups in total. The fourth-order valence-corrected chi connectivity index (χ4v) is 1.65. The Kier molecular flexibility index (Phi) is 4.12. The van der Waals surface area contributed by atoms with Crippen LogP contribution in [0.5, 0.6) is 5.75 Å². The van der Waals surface area contributed by atoms with E-state index in [1.165, 1.54) is 6.07 Å². The van der Waals surface area contributed by atoms with Crippen molar-refractivity contribution in [1.82, 2.24) is 0 Å². The van der Waals surface area contributed by atoms with Crippen LogP contribution in [-0.4, -0.2) is 11.7 Å². The van der Waals surface area contributed by atoms with Gasteiger partial charge in [0.1, 0.15) is 18.5 Å². The van der Waals surface area contributed by atoms with Crippen molar-refractivity contribution < 1.29 is 18.6 Å². The standard InChI is InChI=1S/C15H14F2O2/c1-10-2-4-11(5-3-10)14(18)9-19-15-7-6-12(16)8-13(15)17/h2-8,14,18H,9H2,1H3. The Labute approximate surface area is 110 Å². The van der Waals surface area contributed by atoms with E-state index >= 15 is 0 Å². The second-order valence-electron chi connectivity index (χ2n) is 4.31. The van der Waals surface area contributed by atoms with Crippen LogP contribution in [0.1, 0.15) is 17.2 Å². The summed E-state index contributed by atoms with van der Waals surface area (Å²) in [5, 5.41) is 9.90. The normalized spacial score (nSPS) is 12.2. The van der Waals surface area contributed by atoms with E-state index in [2.05, 4.69) is 0 Å². The molecule has 0 bridgehead atoms. The maximum atomic E-state index is 13.3. The number of ether oxygens (including phenoxy) is 1. The van der Waals surface area contributed by atoms with Gasteiger partial charge in [-0.1, -0.05) is 29.8 Å². The van der Waals surface area contributed by atoms with E-state index in [1.54, 1.807) is 12.1 Å². The van der Waals surface area contributed by atoms with Gasteiger partial charge in [-0.2, -0.15) is 0 Å². The van der Waals surface area contributed by atoms with Crippen LogP contribution in [-0.2, 0) is 0 Å². The molecule has 4 heteroatoms. The highest BCUT2D eigenvalue weighted by Crippen LogP contribution is 2.20. The summed E-state index contributed by atoms with van der Waals surface area (Å²) in [4.78, 5) is 0. The summed E-state index contributed by atoms with van der Waals surface area (Å²) in [5.74, 6) is -1.52. The molecular weight excluding hydrogens is 250 g/mol. The van der Waals surface area contributed by atoms with Gasteiger partial charge in [-0.25, -0.2) is 8.78 Å². The van der Waals surface area contributed by atoms with Crippen molar-refractivity contribution in [2.24, 2.45) is 0 Å². The summed E-state index contributed by atoms with van der Waals surface area (Å²) >= 11 is 0. The third-order valence-electron chi connectivity index (χ3n) is 2.75. The average molecular weight is 264 g/mol. The maximum absolute atomic E-state index is 13.3. The molecule has 0 aromatic heterocycles. The zero-order valence-corrected chi connectivity index (χ0v) is 10.4. The molecule has 0 radical (unpaired) electrons. The Morgan fingerprint density at radius 3 is 2.42 bits per heavy atom. The van der Waals surface area contributed by atoms with Gasteiger partial charge >= 0.3 is 0 Å². The van der Waals surface area contributed by atoms with Crippen molar-refractivity contribution in [2.75, 3.05) is 6.61 Å². The highest BCUT2D eigenvalue weighted by molar-refractivity contribution is 5.26. The number of hydrogen-bond donors (Lipinski definition) is 1. The van der Waals surface area contributed by atoms with Gasteiger partial charge < -0.3 is 9.84 Å². The highest BCUT2D eigenvalue weighted by atomic mass is 19.1. The first-order valence-corrected chi connectivity index (χ1v) is 5.89. The first kappa shape index (κ1) is 13.5. The molecule has 0 aliphatic heterocycles. The van der Waals surface area contributed by atoms with Crippen LogP contribution in [0.4, 0.5) is 8.78 Å². The van der Waals surface area contributed by atoms with Gasteiger partial charge in [0.2, 0.25) is 0 Å². The van der Waals surface area contributed by atoms with Crippen molar-refractivity contribution in [3.8, 4) is 5.75 Å². The summed E-state index contributed by atoms with van der Waals surface area (Å²) < 4.78 is 31.2. The molecule has 0 heterocycles. The molecular formula is C15H14F2O2. The predicted octanol–water partition coefficient (Wildman–Crippen LogP) is 3.39. The molecule has 0 amide bonds. The molecule has 0 saturated carbocycles. The molecule has 0 spiro atoms. The Bertz CT molecular complexity index is 553. The fourth-order valence-electron chi connectivity index (χ4n) is 1.65. The van der Waals surface area contributed by atoms with Crippen molar-refractivity contribution in [3.05, 3.63) is 65.2 Å². The van der Waals surface area contributed by atoms with E-state index in [0.717, 1.165) is 17.7 Å². The molecule has 2 aromatic carbocycles. The number of rotatable bonds is 4. The molecule has 0 saturated heterocycles. The highest BCUT2D eigenvalue weighted by Gasteiger charge is 2.10. The molecule has 100 valence electrons. The lowest BCUT2D eigenvalue weighted by Crippen LogP contribution is -2.10. The number of hydrogen-bond acceptors (Lipinski definition) is 2. The fraction of sp³-hybridized carbons (Fsp3) is 0.200. The molecule has 2 nitrogen and oxygen atoms in total. The van der Waals surface area contributed by atoms with Gasteiger partial charge in [-0.3, -0.25) is 0 Å². The van der Waals surface area contributed by atoms with Gasteiger partial charge in [0.15, 0.2) is 11.6 Å². The van der Waals surface area contributed by atoms with Crippen LogP contribution in [0.2, 0.25) is 0 Å². The lowest BCUT2D eigenvalue weighted by molar-refractivity contribution is 0.106. The van der Waals surface area contributed by atoms with Gasteiger partial charge in [-0.15, -0.1) is 0 Å². The first-order chi connectivity index (χ1) is 9.06. The van der Waals surface area contributed by atoms with E-state index in [-0.39, 0.29) is 12.4 Å². The third-order valence-corrected chi connectivity index (χ3v) is 2.75. The number of aryl methyl sites for hydroxylation is 1. The molecule has 2 rings (SSSR count). The van der Waals surface area contributed by atoms with Crippen LogP contribution in [0.15, 0.2) is 42.5 Å². The molecule has 0 fully saturated rings. The second kappa shape index (κ2) is 5.80. The van der Waals surface area contributed by atoms with E-state index in [1.807, 2.05) is 19.1 Å². The van der Waals surface area contributed by atoms with Gasteiger partial charge in [0, 0.05) is 6.07 Å². The van der Waals surface area contributed by atoms with Gasteiger partial charge in [0.05, 0.1) is 0 Å². The topological polar surface area (TPSA) is 29.5 Å². The minimum absolute atomic E-state index is 0.0763. The van der Waals surface area contributed by atoms with Crippen molar-refractivity contribution >= 4 is 0 Å². The Morgan fingerprint density at radius 2 is 1.79 bits per heavy atom. The number of aliphatic hydroxyl groups excluding tert-OH is 1. The Hall–Kier alpha value is -1.94. The molecule has 0 aliphatic carbocycles.